The summed E-state index contributed by atoms with van der Waals surface area (Å²) in [5.41, 5.74) is 5.66. The van der Waals surface area contributed by atoms with E-state index in [0.717, 1.165) is 16.8 Å². The molecule has 164 valence electrons. The second kappa shape index (κ2) is 7.25. The molecule has 2 aromatic carbocycles. The number of hydrogen-bond acceptors (Lipinski definition) is 4. The standard InChI is InChI=1S/C25H25N3O3S/c1-25(2)15-28(23-14-20(32(26,30)31)8-9-21(23)25)24(29)19-11-16-6-7-17(12-18(16)13-19)22-5-3-4-10-27-22/h3-10,12,14,19H,11,13,15H2,1-2H3,(H2,26,30,31). The Labute approximate surface area is 188 Å². The highest BCUT2D eigenvalue weighted by Crippen LogP contribution is 2.43. The average Bonchev–Trinajstić information content (AvgIpc) is 3.31. The monoisotopic (exact) mass is 447 g/mol. The molecule has 1 amide bonds. The first kappa shape index (κ1) is 20.8. The third-order valence-corrected chi connectivity index (χ3v) is 7.50. The number of fused-ring (bicyclic) bond motifs is 2. The number of sulfonamides is 1. The van der Waals surface area contributed by atoms with Gasteiger partial charge in [0, 0.05) is 35.3 Å². The maximum absolute atomic E-state index is 13.6. The number of anilines is 1. The van der Waals surface area contributed by atoms with Crippen molar-refractivity contribution in [2.75, 3.05) is 11.4 Å². The lowest BCUT2D eigenvalue weighted by atomic mass is 9.87. The van der Waals surface area contributed by atoms with E-state index >= 15 is 0 Å². The van der Waals surface area contributed by atoms with Crippen LogP contribution < -0.4 is 10.0 Å². The van der Waals surface area contributed by atoms with Crippen molar-refractivity contribution < 1.29 is 13.2 Å². The highest BCUT2D eigenvalue weighted by Gasteiger charge is 2.41. The summed E-state index contributed by atoms with van der Waals surface area (Å²) in [7, 11) is -3.85. The van der Waals surface area contributed by atoms with Gasteiger partial charge in [0.05, 0.1) is 10.6 Å². The van der Waals surface area contributed by atoms with Crippen molar-refractivity contribution in [1.29, 1.82) is 0 Å². The lowest BCUT2D eigenvalue weighted by molar-refractivity contribution is -0.122. The molecule has 0 bridgehead atoms. The summed E-state index contributed by atoms with van der Waals surface area (Å²) in [6.45, 7) is 4.65. The molecule has 5 rings (SSSR count). The Morgan fingerprint density at radius 3 is 2.56 bits per heavy atom. The number of carbonyl (C=O) groups excluding carboxylic acids is 1. The molecule has 1 aliphatic carbocycles. The third kappa shape index (κ3) is 3.51. The fourth-order valence-electron chi connectivity index (χ4n) is 4.95. The van der Waals surface area contributed by atoms with Crippen LogP contribution in [0.15, 0.2) is 65.7 Å². The Hall–Kier alpha value is -3.03. The van der Waals surface area contributed by atoms with Gasteiger partial charge in [0.2, 0.25) is 15.9 Å². The number of aromatic nitrogens is 1. The topological polar surface area (TPSA) is 93.4 Å². The van der Waals surface area contributed by atoms with Crippen LogP contribution in [0.1, 0.15) is 30.5 Å². The minimum absolute atomic E-state index is 0.0268. The molecule has 3 aromatic rings. The quantitative estimate of drug-likeness (QED) is 0.666. The molecule has 2 aliphatic rings. The van der Waals surface area contributed by atoms with Crippen LogP contribution in [-0.4, -0.2) is 25.9 Å². The van der Waals surface area contributed by atoms with E-state index in [-0.39, 0.29) is 22.1 Å². The molecule has 0 saturated heterocycles. The molecule has 0 fully saturated rings. The number of carbonyl (C=O) groups is 1. The van der Waals surface area contributed by atoms with Crippen LogP contribution in [0.25, 0.3) is 11.3 Å². The smallest absolute Gasteiger partial charge is 0.238 e. The second-order valence-electron chi connectivity index (χ2n) is 9.34. The molecule has 0 saturated carbocycles. The van der Waals surface area contributed by atoms with Crippen LogP contribution >= 0.6 is 0 Å². The van der Waals surface area contributed by atoms with E-state index in [1.54, 1.807) is 23.2 Å². The summed E-state index contributed by atoms with van der Waals surface area (Å²) in [6, 6.07) is 17.0. The zero-order valence-electron chi connectivity index (χ0n) is 18.1. The SMILES string of the molecule is CC1(C)CN(C(=O)C2Cc3ccc(-c4ccccn4)cc3C2)c2cc(S(N)(=O)=O)ccc21. The van der Waals surface area contributed by atoms with Crippen molar-refractivity contribution in [2.45, 2.75) is 37.0 Å². The molecule has 1 aliphatic heterocycles. The van der Waals surface area contributed by atoms with Gasteiger partial charge in [0.1, 0.15) is 0 Å². The van der Waals surface area contributed by atoms with Crippen LogP contribution in [0, 0.1) is 5.92 Å². The van der Waals surface area contributed by atoms with Crippen LogP contribution in [0.5, 0.6) is 0 Å². The molecule has 0 radical (unpaired) electrons. The Kier molecular flexibility index (Phi) is 4.72. The van der Waals surface area contributed by atoms with E-state index in [9.17, 15) is 13.2 Å². The summed E-state index contributed by atoms with van der Waals surface area (Å²) < 4.78 is 23.8. The van der Waals surface area contributed by atoms with E-state index in [2.05, 4.69) is 37.0 Å². The molecule has 0 spiro atoms. The molecule has 7 heteroatoms. The molecule has 32 heavy (non-hydrogen) atoms. The predicted octanol–water partition coefficient (Wildman–Crippen LogP) is 3.44. The van der Waals surface area contributed by atoms with Crippen molar-refractivity contribution in [3.8, 4) is 11.3 Å². The van der Waals surface area contributed by atoms with E-state index in [0.29, 0.717) is 25.1 Å². The van der Waals surface area contributed by atoms with Crippen molar-refractivity contribution in [3.05, 3.63) is 77.5 Å². The van der Waals surface area contributed by atoms with Crippen LogP contribution in [-0.2, 0) is 33.1 Å². The Bertz CT molecular complexity index is 1330. The van der Waals surface area contributed by atoms with Crippen molar-refractivity contribution in [1.82, 2.24) is 4.98 Å². The van der Waals surface area contributed by atoms with Gasteiger partial charge in [-0.2, -0.15) is 0 Å². The van der Waals surface area contributed by atoms with Gasteiger partial charge in [0.25, 0.3) is 0 Å². The van der Waals surface area contributed by atoms with Gasteiger partial charge in [-0.1, -0.05) is 38.1 Å². The Morgan fingerprint density at radius 1 is 1.06 bits per heavy atom. The molecular formula is C25H25N3O3S. The number of hydrogen-bond donors (Lipinski definition) is 1. The molecule has 6 nitrogen and oxygen atoms in total. The summed E-state index contributed by atoms with van der Waals surface area (Å²) in [4.78, 5) is 19.8. The van der Waals surface area contributed by atoms with Crippen LogP contribution in [0.3, 0.4) is 0 Å². The van der Waals surface area contributed by atoms with Gasteiger partial charge in [-0.25, -0.2) is 13.6 Å². The average molecular weight is 448 g/mol. The number of rotatable bonds is 3. The maximum atomic E-state index is 13.6. The highest BCUT2D eigenvalue weighted by molar-refractivity contribution is 7.89. The molecule has 1 atom stereocenters. The first-order valence-corrected chi connectivity index (χ1v) is 12.2. The van der Waals surface area contributed by atoms with Gasteiger partial charge < -0.3 is 4.90 Å². The van der Waals surface area contributed by atoms with E-state index in [1.165, 1.54) is 17.2 Å². The number of nitrogens with two attached hydrogens (primary N) is 1. The lowest BCUT2D eigenvalue weighted by Gasteiger charge is -2.23. The Morgan fingerprint density at radius 2 is 1.84 bits per heavy atom. The van der Waals surface area contributed by atoms with Gasteiger partial charge >= 0.3 is 0 Å². The number of nitrogens with zero attached hydrogens (tertiary/aromatic N) is 2. The summed E-state index contributed by atoms with van der Waals surface area (Å²) in [5, 5.41) is 5.35. The van der Waals surface area contributed by atoms with E-state index in [1.807, 2.05) is 18.2 Å². The fourth-order valence-corrected chi connectivity index (χ4v) is 5.49. The largest absolute Gasteiger partial charge is 0.311 e. The number of pyridine rings is 1. The normalized spacial score (nSPS) is 19.0. The van der Waals surface area contributed by atoms with Crippen molar-refractivity contribution >= 4 is 21.6 Å². The molecule has 1 aromatic heterocycles. The zero-order valence-corrected chi connectivity index (χ0v) is 18.9. The van der Waals surface area contributed by atoms with Crippen molar-refractivity contribution in [2.24, 2.45) is 11.1 Å². The first-order chi connectivity index (χ1) is 15.1. The molecule has 1 unspecified atom stereocenters. The third-order valence-electron chi connectivity index (χ3n) is 6.59. The zero-order chi connectivity index (χ0) is 22.7. The van der Waals surface area contributed by atoms with Gasteiger partial charge in [0.15, 0.2) is 0 Å². The molecule has 2 N–H and O–H groups in total. The summed E-state index contributed by atoms with van der Waals surface area (Å²) in [6.07, 6.45) is 3.12. The summed E-state index contributed by atoms with van der Waals surface area (Å²) >= 11 is 0. The number of primary sulfonamides is 1. The molecular weight excluding hydrogens is 422 g/mol. The highest BCUT2D eigenvalue weighted by atomic mass is 32.2. The van der Waals surface area contributed by atoms with Gasteiger partial charge in [-0.05, 0) is 59.9 Å². The Balaban J connectivity index is 1.44. The minimum atomic E-state index is -3.85. The van der Waals surface area contributed by atoms with Gasteiger partial charge in [-0.3, -0.25) is 9.78 Å². The van der Waals surface area contributed by atoms with Crippen LogP contribution in [0.2, 0.25) is 0 Å². The predicted molar refractivity (Wildman–Crippen MR) is 124 cm³/mol. The number of benzene rings is 2. The maximum Gasteiger partial charge on any atom is 0.238 e. The first-order valence-electron chi connectivity index (χ1n) is 10.7. The van der Waals surface area contributed by atoms with E-state index in [4.69, 9.17) is 5.14 Å². The second-order valence-corrected chi connectivity index (χ2v) is 10.9. The van der Waals surface area contributed by atoms with Gasteiger partial charge in [-0.15, -0.1) is 0 Å². The van der Waals surface area contributed by atoms with E-state index < -0.39 is 10.0 Å². The summed E-state index contributed by atoms with van der Waals surface area (Å²) in [5.74, 6) is -0.150. The van der Waals surface area contributed by atoms with Crippen LogP contribution in [0.4, 0.5) is 5.69 Å². The minimum Gasteiger partial charge on any atom is -0.311 e. The van der Waals surface area contributed by atoms with Crippen molar-refractivity contribution in [3.63, 3.8) is 0 Å². The molecule has 2 heterocycles. The lowest BCUT2D eigenvalue weighted by Crippen LogP contribution is -2.38. The fraction of sp³-hybridized carbons (Fsp3) is 0.280. The number of amides is 1.